The molecule has 6 heteroatoms. The van der Waals surface area contributed by atoms with Crippen LogP contribution in [0.3, 0.4) is 0 Å². The molecule has 0 bridgehead atoms. The second-order valence-corrected chi connectivity index (χ2v) is 8.65. The monoisotopic (exact) mass is 437 g/mol. The molecule has 31 heavy (non-hydrogen) atoms. The first-order valence-corrected chi connectivity index (χ1v) is 11.1. The van der Waals surface area contributed by atoms with E-state index in [1.54, 1.807) is 17.7 Å². The van der Waals surface area contributed by atoms with E-state index in [4.69, 9.17) is 16.3 Å². The minimum Gasteiger partial charge on any atom is -0.497 e. The number of aromatic nitrogens is 2. The summed E-state index contributed by atoms with van der Waals surface area (Å²) in [5.74, 6) is 2.23. The van der Waals surface area contributed by atoms with Crippen LogP contribution < -0.4 is 15.2 Å². The van der Waals surface area contributed by atoms with Crippen molar-refractivity contribution in [1.82, 2.24) is 9.55 Å². The summed E-state index contributed by atoms with van der Waals surface area (Å²) in [6.45, 7) is 5.60. The quantitative estimate of drug-likeness (QED) is 0.565. The van der Waals surface area contributed by atoms with Crippen LogP contribution in [0.1, 0.15) is 29.9 Å². The van der Waals surface area contributed by atoms with Crippen LogP contribution in [-0.4, -0.2) is 29.8 Å². The van der Waals surface area contributed by atoms with Crippen molar-refractivity contribution in [3.63, 3.8) is 0 Å². The summed E-state index contributed by atoms with van der Waals surface area (Å²) in [5, 5.41) is 0.663. The zero-order chi connectivity index (χ0) is 22.0. The van der Waals surface area contributed by atoms with Crippen molar-refractivity contribution in [2.24, 2.45) is 5.92 Å². The first-order chi connectivity index (χ1) is 14.9. The van der Waals surface area contributed by atoms with Crippen molar-refractivity contribution in [3.8, 4) is 11.4 Å². The molecule has 1 fully saturated rings. The van der Waals surface area contributed by atoms with Gasteiger partial charge in [0.05, 0.1) is 23.5 Å². The predicted molar refractivity (Wildman–Crippen MR) is 126 cm³/mol. The maximum absolute atomic E-state index is 12.4. The zero-order valence-corrected chi connectivity index (χ0v) is 19.0. The Morgan fingerprint density at radius 3 is 2.55 bits per heavy atom. The van der Waals surface area contributed by atoms with Crippen molar-refractivity contribution < 1.29 is 4.74 Å². The Morgan fingerprint density at radius 1 is 1.10 bits per heavy atom. The standard InChI is InChI=1S/C25H28ClN3O2/c1-17-13-25(30)29(18(2)27-17)21-7-8-24(23(26)16-21)28-11-9-19(10-12-28)14-20-5-4-6-22(15-20)31-3/h4-8,13,15-16,19H,9-12,14H2,1-3H3. The minimum atomic E-state index is -0.0906. The zero-order valence-electron chi connectivity index (χ0n) is 18.3. The van der Waals surface area contributed by atoms with Gasteiger partial charge in [-0.05, 0) is 74.9 Å². The van der Waals surface area contributed by atoms with Crippen LogP contribution in [0.5, 0.6) is 5.75 Å². The highest BCUT2D eigenvalue weighted by Gasteiger charge is 2.22. The Kier molecular flexibility index (Phi) is 6.33. The lowest BCUT2D eigenvalue weighted by Gasteiger charge is -2.34. The lowest BCUT2D eigenvalue weighted by atomic mass is 9.90. The van der Waals surface area contributed by atoms with Gasteiger partial charge in [-0.2, -0.15) is 0 Å². The van der Waals surface area contributed by atoms with Crippen LogP contribution >= 0.6 is 11.6 Å². The molecule has 0 amide bonds. The summed E-state index contributed by atoms with van der Waals surface area (Å²) in [6, 6.07) is 15.7. The topological polar surface area (TPSA) is 47.4 Å². The van der Waals surface area contributed by atoms with E-state index in [-0.39, 0.29) is 5.56 Å². The lowest BCUT2D eigenvalue weighted by Crippen LogP contribution is -2.34. The van der Waals surface area contributed by atoms with Gasteiger partial charge in [0, 0.05) is 24.8 Å². The lowest BCUT2D eigenvalue weighted by molar-refractivity contribution is 0.399. The van der Waals surface area contributed by atoms with Gasteiger partial charge in [0.2, 0.25) is 0 Å². The summed E-state index contributed by atoms with van der Waals surface area (Å²) in [6.07, 6.45) is 3.31. The highest BCUT2D eigenvalue weighted by Crippen LogP contribution is 2.32. The molecule has 1 aliphatic rings. The molecule has 2 heterocycles. The molecule has 0 N–H and O–H groups in total. The molecule has 0 unspecified atom stereocenters. The summed E-state index contributed by atoms with van der Waals surface area (Å²) < 4.78 is 6.95. The second-order valence-electron chi connectivity index (χ2n) is 8.24. The number of piperidine rings is 1. The fourth-order valence-corrected chi connectivity index (χ4v) is 4.75. The molecule has 3 aromatic rings. The van der Waals surface area contributed by atoms with Gasteiger partial charge in [-0.1, -0.05) is 23.7 Å². The molecule has 2 aromatic carbocycles. The van der Waals surface area contributed by atoms with Crippen LogP contribution in [0.15, 0.2) is 53.3 Å². The third-order valence-electron chi connectivity index (χ3n) is 6.02. The second kappa shape index (κ2) is 9.15. The van der Waals surface area contributed by atoms with Crippen molar-refractivity contribution in [2.75, 3.05) is 25.1 Å². The van der Waals surface area contributed by atoms with E-state index in [9.17, 15) is 4.79 Å². The first kappa shape index (κ1) is 21.4. The highest BCUT2D eigenvalue weighted by molar-refractivity contribution is 6.33. The van der Waals surface area contributed by atoms with Gasteiger partial charge < -0.3 is 9.64 Å². The molecular formula is C25H28ClN3O2. The Morgan fingerprint density at radius 2 is 1.87 bits per heavy atom. The molecule has 1 aromatic heterocycles. The van der Waals surface area contributed by atoms with Gasteiger partial charge in [0.1, 0.15) is 11.6 Å². The largest absolute Gasteiger partial charge is 0.497 e. The molecule has 1 aliphatic heterocycles. The van der Waals surface area contributed by atoms with E-state index in [1.807, 2.05) is 38.1 Å². The van der Waals surface area contributed by atoms with E-state index in [0.29, 0.717) is 16.8 Å². The summed E-state index contributed by atoms with van der Waals surface area (Å²) in [5.41, 5.74) is 3.73. The van der Waals surface area contributed by atoms with Gasteiger partial charge in [0.25, 0.3) is 5.56 Å². The van der Waals surface area contributed by atoms with Crippen molar-refractivity contribution in [2.45, 2.75) is 33.1 Å². The van der Waals surface area contributed by atoms with Crippen LogP contribution in [0.2, 0.25) is 5.02 Å². The Hall–Kier alpha value is -2.79. The molecule has 4 rings (SSSR count). The summed E-state index contributed by atoms with van der Waals surface area (Å²) in [7, 11) is 1.71. The van der Waals surface area contributed by atoms with Crippen molar-refractivity contribution >= 4 is 17.3 Å². The van der Waals surface area contributed by atoms with Gasteiger partial charge >= 0.3 is 0 Å². The fourth-order valence-electron chi connectivity index (χ4n) is 4.46. The van der Waals surface area contributed by atoms with Crippen LogP contribution in [0.25, 0.3) is 5.69 Å². The van der Waals surface area contributed by atoms with Crippen LogP contribution in [0.4, 0.5) is 5.69 Å². The molecule has 0 spiro atoms. The van der Waals surface area contributed by atoms with Gasteiger partial charge in [-0.25, -0.2) is 4.98 Å². The molecule has 0 radical (unpaired) electrons. The average molecular weight is 438 g/mol. The maximum Gasteiger partial charge on any atom is 0.258 e. The van der Waals surface area contributed by atoms with E-state index in [2.05, 4.69) is 28.1 Å². The Labute approximate surface area is 188 Å². The molecular weight excluding hydrogens is 410 g/mol. The van der Waals surface area contributed by atoms with Crippen LogP contribution in [-0.2, 0) is 6.42 Å². The molecule has 1 saturated heterocycles. The maximum atomic E-state index is 12.4. The molecule has 5 nitrogen and oxygen atoms in total. The van der Waals surface area contributed by atoms with Crippen LogP contribution in [0, 0.1) is 19.8 Å². The van der Waals surface area contributed by atoms with Gasteiger partial charge in [-0.3, -0.25) is 9.36 Å². The minimum absolute atomic E-state index is 0.0906. The normalized spacial score (nSPS) is 14.6. The number of methoxy groups -OCH3 is 1. The molecule has 0 saturated carbocycles. The van der Waals surface area contributed by atoms with Crippen molar-refractivity contribution in [1.29, 1.82) is 0 Å². The van der Waals surface area contributed by atoms with Gasteiger partial charge in [-0.15, -0.1) is 0 Å². The smallest absolute Gasteiger partial charge is 0.258 e. The predicted octanol–water partition coefficient (Wildman–Crippen LogP) is 4.97. The highest BCUT2D eigenvalue weighted by atomic mass is 35.5. The van der Waals surface area contributed by atoms with E-state index >= 15 is 0 Å². The first-order valence-electron chi connectivity index (χ1n) is 10.7. The van der Waals surface area contributed by atoms with E-state index in [0.717, 1.165) is 55.2 Å². The fraction of sp³-hybridized carbons (Fsp3) is 0.360. The summed E-state index contributed by atoms with van der Waals surface area (Å²) in [4.78, 5) is 19.2. The van der Waals surface area contributed by atoms with Gasteiger partial charge in [0.15, 0.2) is 0 Å². The molecule has 162 valence electrons. The number of hydrogen-bond acceptors (Lipinski definition) is 4. The SMILES string of the molecule is COc1cccc(CC2CCN(c3ccc(-n4c(C)nc(C)cc4=O)cc3Cl)CC2)c1. The molecule has 0 aliphatic carbocycles. The number of benzene rings is 2. The number of halogens is 1. The number of ether oxygens (including phenoxy) is 1. The summed E-state index contributed by atoms with van der Waals surface area (Å²) >= 11 is 6.66. The number of nitrogens with zero attached hydrogens (tertiary/aromatic N) is 3. The average Bonchev–Trinajstić information content (AvgIpc) is 2.74. The number of hydrogen-bond donors (Lipinski definition) is 0. The number of rotatable bonds is 5. The number of anilines is 1. The molecule has 0 atom stereocenters. The third-order valence-corrected chi connectivity index (χ3v) is 6.32. The van der Waals surface area contributed by atoms with Crippen molar-refractivity contribution in [3.05, 3.63) is 81.0 Å². The Bertz CT molecular complexity index is 1130. The number of aryl methyl sites for hydroxylation is 2. The third kappa shape index (κ3) is 4.77. The van der Waals surface area contributed by atoms with E-state index < -0.39 is 0 Å². The van der Waals surface area contributed by atoms with E-state index in [1.165, 1.54) is 5.56 Å². The Balaban J connectivity index is 1.45.